The number of halogens is 2. The van der Waals surface area contributed by atoms with Crippen LogP contribution in [-0.4, -0.2) is 6.04 Å². The number of hydrogen-bond donors (Lipinski definition) is 1. The van der Waals surface area contributed by atoms with E-state index in [1.54, 1.807) is 19.1 Å². The SMILES string of the molecule is Cc1ccc(F)c(-c2ccccc2CNC(C)C)c1F. The first-order chi connectivity index (χ1) is 9.50. The predicted octanol–water partition coefficient (Wildman–Crippen LogP) is 4.44. The second-order valence-electron chi connectivity index (χ2n) is 5.25. The molecule has 3 heteroatoms. The molecule has 0 aliphatic carbocycles. The Labute approximate surface area is 118 Å². The molecule has 0 amide bonds. The zero-order valence-electron chi connectivity index (χ0n) is 12.0. The van der Waals surface area contributed by atoms with Crippen LogP contribution < -0.4 is 5.32 Å². The summed E-state index contributed by atoms with van der Waals surface area (Å²) in [5.41, 5.74) is 2.02. The van der Waals surface area contributed by atoms with E-state index in [0.29, 0.717) is 23.7 Å². The van der Waals surface area contributed by atoms with E-state index in [1.807, 2.05) is 26.0 Å². The zero-order chi connectivity index (χ0) is 14.7. The van der Waals surface area contributed by atoms with E-state index in [2.05, 4.69) is 5.32 Å². The predicted molar refractivity (Wildman–Crippen MR) is 78.5 cm³/mol. The number of rotatable bonds is 4. The molecule has 0 aliphatic heterocycles. The average molecular weight is 275 g/mol. The molecule has 2 rings (SSSR count). The normalized spacial score (nSPS) is 11.1. The molecule has 0 bridgehead atoms. The summed E-state index contributed by atoms with van der Waals surface area (Å²) in [6.45, 7) is 6.31. The summed E-state index contributed by atoms with van der Waals surface area (Å²) < 4.78 is 28.3. The fraction of sp³-hybridized carbons (Fsp3) is 0.294. The Hall–Kier alpha value is -1.74. The van der Waals surface area contributed by atoms with Gasteiger partial charge in [0.05, 0.1) is 5.56 Å². The Morgan fingerprint density at radius 2 is 1.75 bits per heavy atom. The fourth-order valence-electron chi connectivity index (χ4n) is 2.14. The molecule has 2 aromatic rings. The fourth-order valence-corrected chi connectivity index (χ4v) is 2.14. The molecule has 0 heterocycles. The summed E-state index contributed by atoms with van der Waals surface area (Å²) in [5, 5.41) is 3.28. The van der Waals surface area contributed by atoms with Gasteiger partial charge in [-0.2, -0.15) is 0 Å². The minimum Gasteiger partial charge on any atom is -0.310 e. The van der Waals surface area contributed by atoms with Crippen molar-refractivity contribution in [3.63, 3.8) is 0 Å². The highest BCUT2D eigenvalue weighted by molar-refractivity contribution is 5.69. The summed E-state index contributed by atoms with van der Waals surface area (Å²) in [6, 6.07) is 10.4. The summed E-state index contributed by atoms with van der Waals surface area (Å²) in [6.07, 6.45) is 0. The number of nitrogens with one attached hydrogen (secondary N) is 1. The Morgan fingerprint density at radius 3 is 2.45 bits per heavy atom. The van der Waals surface area contributed by atoms with Gasteiger partial charge in [-0.1, -0.05) is 44.2 Å². The lowest BCUT2D eigenvalue weighted by Gasteiger charge is -2.14. The van der Waals surface area contributed by atoms with Gasteiger partial charge in [0.2, 0.25) is 0 Å². The molecule has 2 aromatic carbocycles. The molecule has 0 radical (unpaired) electrons. The van der Waals surface area contributed by atoms with Gasteiger partial charge in [0.25, 0.3) is 0 Å². The minimum atomic E-state index is -0.523. The molecule has 0 aromatic heterocycles. The van der Waals surface area contributed by atoms with Crippen LogP contribution in [0.1, 0.15) is 25.0 Å². The van der Waals surface area contributed by atoms with Crippen molar-refractivity contribution in [2.75, 3.05) is 0 Å². The van der Waals surface area contributed by atoms with Gasteiger partial charge in [0.15, 0.2) is 0 Å². The maximum absolute atomic E-state index is 14.3. The van der Waals surface area contributed by atoms with Crippen molar-refractivity contribution in [3.05, 3.63) is 59.2 Å². The van der Waals surface area contributed by atoms with Gasteiger partial charge >= 0.3 is 0 Å². The first kappa shape index (κ1) is 14.7. The molecular weight excluding hydrogens is 256 g/mol. The third-order valence-corrected chi connectivity index (χ3v) is 3.27. The Kier molecular flexibility index (Phi) is 4.50. The summed E-state index contributed by atoms with van der Waals surface area (Å²) in [7, 11) is 0. The van der Waals surface area contributed by atoms with Crippen molar-refractivity contribution in [2.24, 2.45) is 0 Å². The molecule has 1 N–H and O–H groups in total. The monoisotopic (exact) mass is 275 g/mol. The van der Waals surface area contributed by atoms with Crippen molar-refractivity contribution in [1.29, 1.82) is 0 Å². The summed E-state index contributed by atoms with van der Waals surface area (Å²) in [5.74, 6) is -1.01. The van der Waals surface area contributed by atoms with Crippen molar-refractivity contribution in [1.82, 2.24) is 5.32 Å². The van der Waals surface area contributed by atoms with Crippen LogP contribution in [0.15, 0.2) is 36.4 Å². The highest BCUT2D eigenvalue weighted by Gasteiger charge is 2.16. The maximum Gasteiger partial charge on any atom is 0.136 e. The highest BCUT2D eigenvalue weighted by Crippen LogP contribution is 2.30. The van der Waals surface area contributed by atoms with E-state index in [9.17, 15) is 8.78 Å². The van der Waals surface area contributed by atoms with Crippen molar-refractivity contribution >= 4 is 0 Å². The smallest absolute Gasteiger partial charge is 0.136 e. The van der Waals surface area contributed by atoms with Crippen LogP contribution >= 0.6 is 0 Å². The Balaban J connectivity index is 2.50. The molecule has 0 unspecified atom stereocenters. The third kappa shape index (κ3) is 3.05. The van der Waals surface area contributed by atoms with E-state index in [0.717, 1.165) is 5.56 Å². The van der Waals surface area contributed by atoms with Gasteiger partial charge in [-0.3, -0.25) is 0 Å². The first-order valence-corrected chi connectivity index (χ1v) is 6.77. The lowest BCUT2D eigenvalue weighted by molar-refractivity contribution is 0.578. The Morgan fingerprint density at radius 1 is 1.05 bits per heavy atom. The molecule has 20 heavy (non-hydrogen) atoms. The van der Waals surface area contributed by atoms with E-state index < -0.39 is 11.6 Å². The molecule has 0 spiro atoms. The van der Waals surface area contributed by atoms with Gasteiger partial charge in [-0.05, 0) is 29.7 Å². The highest BCUT2D eigenvalue weighted by atomic mass is 19.1. The lowest BCUT2D eigenvalue weighted by Crippen LogP contribution is -2.22. The van der Waals surface area contributed by atoms with Gasteiger partial charge in [-0.15, -0.1) is 0 Å². The summed E-state index contributed by atoms with van der Waals surface area (Å²) >= 11 is 0. The van der Waals surface area contributed by atoms with Crippen molar-refractivity contribution in [3.8, 4) is 11.1 Å². The van der Waals surface area contributed by atoms with Crippen LogP contribution in [-0.2, 0) is 6.54 Å². The van der Waals surface area contributed by atoms with Crippen LogP contribution in [0, 0.1) is 18.6 Å². The van der Waals surface area contributed by atoms with Crippen molar-refractivity contribution < 1.29 is 8.78 Å². The third-order valence-electron chi connectivity index (χ3n) is 3.27. The van der Waals surface area contributed by atoms with E-state index >= 15 is 0 Å². The van der Waals surface area contributed by atoms with E-state index in [4.69, 9.17) is 0 Å². The van der Waals surface area contributed by atoms with Gasteiger partial charge in [0.1, 0.15) is 11.6 Å². The number of hydrogen-bond acceptors (Lipinski definition) is 1. The number of aryl methyl sites for hydroxylation is 1. The topological polar surface area (TPSA) is 12.0 Å². The van der Waals surface area contributed by atoms with Crippen LogP contribution in [0.3, 0.4) is 0 Å². The summed E-state index contributed by atoms with van der Waals surface area (Å²) in [4.78, 5) is 0. The van der Waals surface area contributed by atoms with Gasteiger partial charge in [0, 0.05) is 12.6 Å². The molecular formula is C17H19F2N. The van der Waals surface area contributed by atoms with E-state index in [1.165, 1.54) is 12.1 Å². The molecule has 1 nitrogen and oxygen atoms in total. The first-order valence-electron chi connectivity index (χ1n) is 6.77. The molecule has 0 saturated heterocycles. The average Bonchev–Trinajstić information content (AvgIpc) is 2.42. The maximum atomic E-state index is 14.3. The molecule has 0 saturated carbocycles. The van der Waals surface area contributed by atoms with Crippen LogP contribution in [0.2, 0.25) is 0 Å². The molecule has 0 aliphatic rings. The largest absolute Gasteiger partial charge is 0.310 e. The Bertz CT molecular complexity index is 606. The van der Waals surface area contributed by atoms with Gasteiger partial charge < -0.3 is 5.32 Å². The van der Waals surface area contributed by atoms with E-state index in [-0.39, 0.29) is 5.56 Å². The van der Waals surface area contributed by atoms with Crippen LogP contribution in [0.5, 0.6) is 0 Å². The minimum absolute atomic E-state index is 0.0613. The number of benzene rings is 2. The molecule has 0 fully saturated rings. The quantitative estimate of drug-likeness (QED) is 0.870. The zero-order valence-corrected chi connectivity index (χ0v) is 12.0. The molecule has 0 atom stereocenters. The second-order valence-corrected chi connectivity index (χ2v) is 5.25. The van der Waals surface area contributed by atoms with Crippen molar-refractivity contribution in [2.45, 2.75) is 33.4 Å². The van der Waals surface area contributed by atoms with Gasteiger partial charge in [-0.25, -0.2) is 8.78 Å². The van der Waals surface area contributed by atoms with Crippen LogP contribution in [0.25, 0.3) is 11.1 Å². The molecule has 106 valence electrons. The standard InChI is InChI=1S/C17H19F2N/c1-11(2)20-10-13-6-4-5-7-14(13)16-15(18)9-8-12(3)17(16)19/h4-9,11,20H,10H2,1-3H3. The lowest BCUT2D eigenvalue weighted by atomic mass is 9.97. The van der Waals surface area contributed by atoms with Crippen LogP contribution in [0.4, 0.5) is 8.78 Å². The second kappa shape index (κ2) is 6.14.